The van der Waals surface area contributed by atoms with Gasteiger partial charge >= 0.3 is 12.1 Å². The van der Waals surface area contributed by atoms with Crippen LogP contribution in [0.2, 0.25) is 0 Å². The first-order valence-corrected chi connectivity index (χ1v) is 10.9. The Labute approximate surface area is 194 Å². The van der Waals surface area contributed by atoms with Crippen LogP contribution in [-0.4, -0.2) is 48.3 Å². The van der Waals surface area contributed by atoms with Gasteiger partial charge in [-0.1, -0.05) is 48.5 Å². The topological polar surface area (TPSA) is 114 Å². The summed E-state index contributed by atoms with van der Waals surface area (Å²) in [6.45, 7) is -0.0627. The number of hydrogen-bond donors (Lipinski definition) is 3. The van der Waals surface area contributed by atoms with Gasteiger partial charge in [0.25, 0.3) is 6.43 Å². The summed E-state index contributed by atoms with van der Waals surface area (Å²) in [6.07, 6.45) is -4.87. The molecule has 2 atom stereocenters. The van der Waals surface area contributed by atoms with Crippen LogP contribution in [0.4, 0.5) is 13.6 Å². The van der Waals surface area contributed by atoms with Crippen molar-refractivity contribution in [2.24, 2.45) is 5.92 Å². The molecule has 2 aromatic rings. The highest BCUT2D eigenvalue weighted by Crippen LogP contribution is 2.44. The Bertz CT molecular complexity index is 1030. The summed E-state index contributed by atoms with van der Waals surface area (Å²) in [5.74, 6) is -2.68. The van der Waals surface area contributed by atoms with Crippen molar-refractivity contribution in [1.82, 2.24) is 10.8 Å². The summed E-state index contributed by atoms with van der Waals surface area (Å²) in [6, 6.07) is 13.6. The second kappa shape index (κ2) is 10.2. The number of ether oxygens (including phenoxy) is 1. The van der Waals surface area contributed by atoms with Gasteiger partial charge in [-0.2, -0.15) is 0 Å². The van der Waals surface area contributed by atoms with Gasteiger partial charge in [0.2, 0.25) is 5.91 Å². The summed E-state index contributed by atoms with van der Waals surface area (Å²) in [4.78, 5) is 40.3. The van der Waals surface area contributed by atoms with Crippen molar-refractivity contribution in [2.75, 3.05) is 6.61 Å². The molecule has 0 saturated heterocycles. The number of amides is 2. The smallest absolute Gasteiger partial charge is 0.407 e. The van der Waals surface area contributed by atoms with Crippen molar-refractivity contribution >= 4 is 18.0 Å². The standard InChI is InChI=1S/C24H24F2N2O6/c25-22(26)19(11-20(29)28-34-21(23(30)31)13-9-10-13)27-24(32)33-12-18-16-7-3-1-5-14(16)15-6-2-4-8-17(15)18/h1-8,13,18-19,21-22H,9-12H2,(H,27,32)(H,28,29)(H,30,31). The van der Waals surface area contributed by atoms with Crippen molar-refractivity contribution in [1.29, 1.82) is 0 Å². The third kappa shape index (κ3) is 5.33. The van der Waals surface area contributed by atoms with Crippen molar-refractivity contribution in [3.05, 3.63) is 59.7 Å². The minimum atomic E-state index is -3.05. The number of rotatable bonds is 10. The molecule has 4 rings (SSSR count). The molecule has 3 N–H and O–H groups in total. The predicted octanol–water partition coefficient (Wildman–Crippen LogP) is 3.46. The third-order valence-electron chi connectivity index (χ3n) is 5.95. The summed E-state index contributed by atoms with van der Waals surface area (Å²) in [7, 11) is 0. The molecule has 10 heteroatoms. The highest BCUT2D eigenvalue weighted by atomic mass is 19.3. The van der Waals surface area contributed by atoms with Crippen LogP contribution in [0, 0.1) is 5.92 Å². The minimum absolute atomic E-state index is 0.0627. The average Bonchev–Trinajstić information content (AvgIpc) is 3.59. The van der Waals surface area contributed by atoms with Gasteiger partial charge in [-0.15, -0.1) is 0 Å². The molecule has 2 amide bonds. The lowest BCUT2D eigenvalue weighted by Gasteiger charge is -2.20. The van der Waals surface area contributed by atoms with Crippen LogP contribution in [0.5, 0.6) is 0 Å². The second-order valence-electron chi connectivity index (χ2n) is 8.35. The average molecular weight is 474 g/mol. The molecule has 8 nitrogen and oxygen atoms in total. The summed E-state index contributed by atoms with van der Waals surface area (Å²) in [5, 5.41) is 11.1. The fourth-order valence-corrected chi connectivity index (χ4v) is 4.11. The Balaban J connectivity index is 1.31. The van der Waals surface area contributed by atoms with E-state index < -0.39 is 43.0 Å². The minimum Gasteiger partial charge on any atom is -0.479 e. The van der Waals surface area contributed by atoms with Gasteiger partial charge in [0, 0.05) is 5.92 Å². The monoisotopic (exact) mass is 474 g/mol. The molecular weight excluding hydrogens is 450 g/mol. The van der Waals surface area contributed by atoms with E-state index >= 15 is 0 Å². The molecule has 1 fully saturated rings. The highest BCUT2D eigenvalue weighted by Gasteiger charge is 2.38. The van der Waals surface area contributed by atoms with Crippen LogP contribution in [0.25, 0.3) is 11.1 Å². The molecule has 0 radical (unpaired) electrons. The number of hydrogen-bond acceptors (Lipinski definition) is 5. The molecule has 0 aliphatic heterocycles. The zero-order chi connectivity index (χ0) is 24.2. The second-order valence-corrected chi connectivity index (χ2v) is 8.35. The zero-order valence-corrected chi connectivity index (χ0v) is 18.1. The molecule has 2 unspecified atom stereocenters. The first-order valence-electron chi connectivity index (χ1n) is 10.9. The van der Waals surface area contributed by atoms with E-state index in [0.29, 0.717) is 12.8 Å². The van der Waals surface area contributed by atoms with Gasteiger partial charge in [-0.25, -0.2) is 23.9 Å². The Morgan fingerprint density at radius 3 is 2.12 bits per heavy atom. The molecule has 2 aliphatic rings. The van der Waals surface area contributed by atoms with Crippen LogP contribution in [0.3, 0.4) is 0 Å². The number of carbonyl (C=O) groups is 3. The molecule has 0 aromatic heterocycles. The van der Waals surface area contributed by atoms with Gasteiger partial charge in [0.15, 0.2) is 6.10 Å². The quantitative estimate of drug-likeness (QED) is 0.455. The number of carboxylic acid groups (broad SMARTS) is 1. The van der Waals surface area contributed by atoms with Crippen LogP contribution >= 0.6 is 0 Å². The lowest BCUT2D eigenvalue weighted by molar-refractivity contribution is -0.162. The number of halogens is 2. The number of carboxylic acids is 1. The lowest BCUT2D eigenvalue weighted by atomic mass is 9.98. The maximum absolute atomic E-state index is 13.4. The van der Waals surface area contributed by atoms with Gasteiger partial charge in [0.1, 0.15) is 12.6 Å². The van der Waals surface area contributed by atoms with Crippen molar-refractivity contribution in [3.8, 4) is 11.1 Å². The Hall–Kier alpha value is -3.53. The number of alkyl carbamates (subject to hydrolysis) is 1. The van der Waals surface area contributed by atoms with Gasteiger partial charge in [-0.3, -0.25) is 9.63 Å². The van der Waals surface area contributed by atoms with E-state index in [9.17, 15) is 23.2 Å². The first-order chi connectivity index (χ1) is 16.3. The largest absolute Gasteiger partial charge is 0.479 e. The number of nitrogens with one attached hydrogen (secondary N) is 2. The van der Waals surface area contributed by atoms with E-state index in [2.05, 4.69) is 0 Å². The number of carbonyl (C=O) groups excluding carboxylic acids is 2. The number of fused-ring (bicyclic) bond motifs is 3. The maximum atomic E-state index is 13.4. The van der Waals surface area contributed by atoms with E-state index in [1.807, 2.05) is 59.3 Å². The molecule has 0 heterocycles. The number of benzene rings is 2. The van der Waals surface area contributed by atoms with E-state index in [1.165, 1.54) is 0 Å². The lowest BCUT2D eigenvalue weighted by Crippen LogP contribution is -2.45. The highest BCUT2D eigenvalue weighted by molar-refractivity contribution is 5.79. The first kappa shape index (κ1) is 23.6. The van der Waals surface area contributed by atoms with E-state index in [4.69, 9.17) is 14.7 Å². The van der Waals surface area contributed by atoms with Crippen LogP contribution < -0.4 is 10.8 Å². The number of alkyl halides is 2. The molecular formula is C24H24F2N2O6. The Morgan fingerprint density at radius 1 is 1.00 bits per heavy atom. The predicted molar refractivity (Wildman–Crippen MR) is 116 cm³/mol. The zero-order valence-electron chi connectivity index (χ0n) is 18.1. The Kier molecular flexibility index (Phi) is 7.06. The van der Waals surface area contributed by atoms with Crippen molar-refractivity contribution < 1.29 is 37.8 Å². The molecule has 2 aliphatic carbocycles. The normalized spacial score (nSPS) is 16.3. The maximum Gasteiger partial charge on any atom is 0.407 e. The molecule has 34 heavy (non-hydrogen) atoms. The fourth-order valence-electron chi connectivity index (χ4n) is 4.11. The number of hydroxylamine groups is 1. The van der Waals surface area contributed by atoms with Gasteiger partial charge in [0.05, 0.1) is 6.42 Å². The molecule has 180 valence electrons. The Morgan fingerprint density at radius 2 is 1.59 bits per heavy atom. The van der Waals surface area contributed by atoms with Gasteiger partial charge < -0.3 is 15.2 Å². The van der Waals surface area contributed by atoms with Crippen LogP contribution in [0.15, 0.2) is 48.5 Å². The fraction of sp³-hybridized carbons (Fsp3) is 0.375. The molecule has 1 saturated carbocycles. The SMILES string of the molecule is O=C(CC(NC(=O)OCC1c2ccccc2-c2ccccc21)C(F)F)NOC(C(=O)O)C1CC1. The van der Waals surface area contributed by atoms with Gasteiger partial charge in [-0.05, 0) is 41.0 Å². The molecule has 0 bridgehead atoms. The molecule has 0 spiro atoms. The van der Waals surface area contributed by atoms with E-state index in [1.54, 1.807) is 0 Å². The van der Waals surface area contributed by atoms with Crippen LogP contribution in [-0.2, 0) is 19.2 Å². The van der Waals surface area contributed by atoms with Crippen molar-refractivity contribution in [3.63, 3.8) is 0 Å². The third-order valence-corrected chi connectivity index (χ3v) is 5.95. The summed E-state index contributed by atoms with van der Waals surface area (Å²) < 4.78 is 32.1. The summed E-state index contributed by atoms with van der Waals surface area (Å²) >= 11 is 0. The van der Waals surface area contributed by atoms with E-state index in [-0.39, 0.29) is 18.4 Å². The van der Waals surface area contributed by atoms with Crippen molar-refractivity contribution in [2.45, 2.75) is 43.8 Å². The van der Waals surface area contributed by atoms with Crippen LogP contribution in [0.1, 0.15) is 36.3 Å². The summed E-state index contributed by atoms with van der Waals surface area (Å²) in [5.41, 5.74) is 5.90. The van der Waals surface area contributed by atoms with E-state index in [0.717, 1.165) is 22.3 Å². The molecule has 2 aromatic carbocycles. The number of aliphatic carboxylic acids is 1.